The Morgan fingerprint density at radius 1 is 1.00 bits per heavy atom. The van der Waals surface area contributed by atoms with Gasteiger partial charge in [0.2, 0.25) is 0 Å². The Morgan fingerprint density at radius 3 is 2.12 bits per heavy atom. The van der Waals surface area contributed by atoms with Crippen molar-refractivity contribution in [3.8, 4) is 0 Å². The quantitative estimate of drug-likeness (QED) is 0.187. The maximum Gasteiger partial charge on any atom is 0.303 e. The first-order chi connectivity index (χ1) is 12.1. The molecule has 25 heavy (non-hydrogen) atoms. The van der Waals surface area contributed by atoms with Crippen LogP contribution in [0.25, 0.3) is 0 Å². The number of carbonyl (C=O) groups is 1. The van der Waals surface area contributed by atoms with Crippen LogP contribution in [0.2, 0.25) is 0 Å². The van der Waals surface area contributed by atoms with Crippen molar-refractivity contribution in [3.63, 3.8) is 0 Å². The molecule has 0 saturated carbocycles. The van der Waals surface area contributed by atoms with Gasteiger partial charge in [0, 0.05) is 6.42 Å². The topological polar surface area (TPSA) is 87.0 Å². The molecular formula is C20H30O5. The van der Waals surface area contributed by atoms with Gasteiger partial charge in [-0.25, -0.2) is 4.89 Å². The second-order valence-electron chi connectivity index (χ2n) is 5.47. The lowest BCUT2D eigenvalue weighted by Crippen LogP contribution is -2.08. The minimum absolute atomic E-state index is 0.0672. The van der Waals surface area contributed by atoms with Gasteiger partial charge in [-0.3, -0.25) is 10.1 Å². The minimum Gasteiger partial charge on any atom is -0.481 e. The van der Waals surface area contributed by atoms with Crippen LogP contribution in [0.5, 0.6) is 0 Å². The molecule has 0 aromatic heterocycles. The summed E-state index contributed by atoms with van der Waals surface area (Å²) in [4.78, 5) is 14.7. The van der Waals surface area contributed by atoms with Crippen molar-refractivity contribution < 1.29 is 25.2 Å². The number of hydrogen-bond donors (Lipinski definition) is 3. The van der Waals surface area contributed by atoms with E-state index in [2.05, 4.69) is 11.0 Å². The normalized spacial score (nSPS) is 15.3. The van der Waals surface area contributed by atoms with Gasteiger partial charge in [-0.15, -0.1) is 0 Å². The predicted molar refractivity (Wildman–Crippen MR) is 100 cm³/mol. The van der Waals surface area contributed by atoms with Crippen LogP contribution in [-0.4, -0.2) is 33.6 Å². The first-order valence-electron chi connectivity index (χ1n) is 8.61. The standard InChI is InChI=1S/C20H30O5/c1-2-18(21)14-11-9-7-5-3-4-6-8-10-12-15-19(25-24)16-13-17-20(22)23/h3-4,7-12,14-15,18-19,21,24H,2,5-6,13,16-17H2,1H3,(H,22,23)/b4-3-,9-7-,10-8-,14-11+,15-12+/t18-,19+/m0/s1. The van der Waals surface area contributed by atoms with Crippen LogP contribution >= 0.6 is 0 Å². The summed E-state index contributed by atoms with van der Waals surface area (Å²) in [6.45, 7) is 1.93. The molecule has 140 valence electrons. The summed E-state index contributed by atoms with van der Waals surface area (Å²) in [6, 6.07) is 0. The number of carboxylic acid groups (broad SMARTS) is 1. The van der Waals surface area contributed by atoms with Gasteiger partial charge in [0.25, 0.3) is 0 Å². The first-order valence-corrected chi connectivity index (χ1v) is 8.61. The van der Waals surface area contributed by atoms with E-state index in [1.165, 1.54) is 0 Å². The van der Waals surface area contributed by atoms with E-state index >= 15 is 0 Å². The monoisotopic (exact) mass is 350 g/mol. The Balaban J connectivity index is 3.86. The van der Waals surface area contributed by atoms with Gasteiger partial charge in [0.05, 0.1) is 6.10 Å². The third-order valence-corrected chi connectivity index (χ3v) is 3.30. The molecule has 0 aromatic rings. The van der Waals surface area contributed by atoms with Crippen molar-refractivity contribution in [3.05, 3.63) is 60.8 Å². The van der Waals surface area contributed by atoms with Crippen LogP contribution in [-0.2, 0) is 9.68 Å². The number of carboxylic acids is 1. The second-order valence-corrected chi connectivity index (χ2v) is 5.47. The highest BCUT2D eigenvalue weighted by Gasteiger charge is 2.05. The minimum atomic E-state index is -0.850. The number of hydrogen-bond acceptors (Lipinski definition) is 4. The summed E-state index contributed by atoms with van der Waals surface area (Å²) in [5.41, 5.74) is 0. The fraction of sp³-hybridized carbons (Fsp3) is 0.450. The zero-order valence-corrected chi connectivity index (χ0v) is 14.8. The molecule has 0 aliphatic carbocycles. The van der Waals surface area contributed by atoms with E-state index in [1.54, 1.807) is 18.2 Å². The van der Waals surface area contributed by atoms with E-state index in [1.807, 2.05) is 43.4 Å². The zero-order chi connectivity index (χ0) is 18.8. The van der Waals surface area contributed by atoms with Gasteiger partial charge < -0.3 is 10.2 Å². The molecule has 0 saturated heterocycles. The molecule has 5 nitrogen and oxygen atoms in total. The highest BCUT2D eigenvalue weighted by atomic mass is 17.1. The van der Waals surface area contributed by atoms with E-state index in [0.29, 0.717) is 12.8 Å². The van der Waals surface area contributed by atoms with Crippen molar-refractivity contribution in [2.45, 2.75) is 57.7 Å². The van der Waals surface area contributed by atoms with Gasteiger partial charge in [-0.1, -0.05) is 67.7 Å². The molecule has 3 N–H and O–H groups in total. The van der Waals surface area contributed by atoms with Gasteiger partial charge in [-0.05, 0) is 32.1 Å². The van der Waals surface area contributed by atoms with Crippen LogP contribution in [0.15, 0.2) is 60.8 Å². The number of aliphatic hydroxyl groups is 1. The fourth-order valence-electron chi connectivity index (χ4n) is 1.82. The van der Waals surface area contributed by atoms with Gasteiger partial charge in [-0.2, -0.15) is 0 Å². The molecule has 0 aliphatic rings. The van der Waals surface area contributed by atoms with E-state index < -0.39 is 12.1 Å². The fourth-order valence-corrected chi connectivity index (χ4v) is 1.82. The first kappa shape index (κ1) is 23.1. The van der Waals surface area contributed by atoms with Gasteiger partial charge >= 0.3 is 5.97 Å². The van der Waals surface area contributed by atoms with Crippen LogP contribution in [0, 0.1) is 0 Å². The van der Waals surface area contributed by atoms with Crippen LogP contribution in [0.3, 0.4) is 0 Å². The van der Waals surface area contributed by atoms with Crippen LogP contribution in [0.1, 0.15) is 45.4 Å². The molecule has 0 radical (unpaired) electrons. The Labute approximate surface area is 150 Å². The lowest BCUT2D eigenvalue weighted by atomic mass is 10.1. The number of rotatable bonds is 14. The van der Waals surface area contributed by atoms with Crippen molar-refractivity contribution in [2.75, 3.05) is 0 Å². The largest absolute Gasteiger partial charge is 0.481 e. The smallest absolute Gasteiger partial charge is 0.303 e. The lowest BCUT2D eigenvalue weighted by Gasteiger charge is -2.06. The summed E-state index contributed by atoms with van der Waals surface area (Å²) in [7, 11) is 0. The predicted octanol–water partition coefficient (Wildman–Crippen LogP) is 4.43. The highest BCUT2D eigenvalue weighted by Crippen LogP contribution is 2.06. The molecular weight excluding hydrogens is 320 g/mol. The zero-order valence-electron chi connectivity index (χ0n) is 14.8. The van der Waals surface area contributed by atoms with E-state index in [9.17, 15) is 9.90 Å². The maximum absolute atomic E-state index is 10.4. The lowest BCUT2D eigenvalue weighted by molar-refractivity contribution is -0.267. The Morgan fingerprint density at radius 2 is 1.60 bits per heavy atom. The van der Waals surface area contributed by atoms with Gasteiger partial charge in [0.15, 0.2) is 0 Å². The summed E-state index contributed by atoms with van der Waals surface area (Å²) < 4.78 is 0. The molecule has 0 unspecified atom stereocenters. The highest BCUT2D eigenvalue weighted by molar-refractivity contribution is 5.66. The molecule has 0 rings (SSSR count). The maximum atomic E-state index is 10.4. The summed E-state index contributed by atoms with van der Waals surface area (Å²) in [6.07, 6.45) is 21.4. The Kier molecular flexibility index (Phi) is 15.6. The average Bonchev–Trinajstić information content (AvgIpc) is 2.60. The summed E-state index contributed by atoms with van der Waals surface area (Å²) in [5, 5.41) is 26.6. The molecule has 0 bridgehead atoms. The van der Waals surface area contributed by atoms with Crippen molar-refractivity contribution in [2.24, 2.45) is 0 Å². The second kappa shape index (κ2) is 16.9. The Hall–Kier alpha value is -1.95. The average molecular weight is 350 g/mol. The van der Waals surface area contributed by atoms with Crippen molar-refractivity contribution in [1.29, 1.82) is 0 Å². The molecule has 0 amide bonds. The van der Waals surface area contributed by atoms with Gasteiger partial charge in [0.1, 0.15) is 6.10 Å². The molecule has 5 heteroatoms. The SMILES string of the molecule is CC[C@H](O)/C=C/C=C\C/C=C\C/C=C\C=C\[C@H](CCCC(=O)O)OO. The van der Waals surface area contributed by atoms with Crippen molar-refractivity contribution in [1.82, 2.24) is 0 Å². The van der Waals surface area contributed by atoms with E-state index in [-0.39, 0.29) is 12.5 Å². The molecule has 2 atom stereocenters. The third-order valence-electron chi connectivity index (χ3n) is 3.30. The summed E-state index contributed by atoms with van der Waals surface area (Å²) >= 11 is 0. The van der Waals surface area contributed by atoms with E-state index in [0.717, 1.165) is 19.3 Å². The Bertz CT molecular complexity index is 474. The van der Waals surface area contributed by atoms with Crippen molar-refractivity contribution >= 4 is 5.97 Å². The number of aliphatic carboxylic acids is 1. The molecule has 0 heterocycles. The van der Waals surface area contributed by atoms with Crippen LogP contribution in [0.4, 0.5) is 0 Å². The molecule has 0 spiro atoms. The van der Waals surface area contributed by atoms with E-state index in [4.69, 9.17) is 10.4 Å². The van der Waals surface area contributed by atoms with Crippen LogP contribution < -0.4 is 0 Å². The molecule has 0 aromatic carbocycles. The third kappa shape index (κ3) is 16.7. The molecule has 0 aliphatic heterocycles. The number of allylic oxidation sites excluding steroid dienone is 8. The number of aliphatic hydroxyl groups excluding tert-OH is 1. The molecule has 0 fully saturated rings. The summed E-state index contributed by atoms with van der Waals surface area (Å²) in [5.74, 6) is -0.850.